The molecule has 5 aliphatic rings. The number of amides is 3. The van der Waals surface area contributed by atoms with Gasteiger partial charge in [0.2, 0.25) is 11.8 Å². The number of nitrogens with zero attached hydrogens (tertiary/aromatic N) is 11. The SMILES string of the molecule is Cn1c(=O)n(C2CCC(=O)NC2=O)c2ccc(N3CC(N4CCN([C@H]5CC[C@H](n6cc(NC(=O)c7cnn8ccc(N9CCOCC9)nc78)c(C(F)F)n6)CC5)CC4)C3)c(F)c21. The first-order chi connectivity index (χ1) is 30.0. The summed E-state index contributed by atoms with van der Waals surface area (Å²) in [6.45, 7) is 7.31. The number of hydrogen-bond acceptors (Lipinski definition) is 12. The summed E-state index contributed by atoms with van der Waals surface area (Å²) >= 11 is 0. The molecule has 21 heteroatoms. The minimum Gasteiger partial charge on any atom is -0.378 e. The smallest absolute Gasteiger partial charge is 0.329 e. The van der Waals surface area contributed by atoms with Crippen LogP contribution in [0.25, 0.3) is 16.7 Å². The Labute approximate surface area is 353 Å². The first-order valence-corrected chi connectivity index (χ1v) is 21.3. The van der Waals surface area contributed by atoms with Gasteiger partial charge in [-0.15, -0.1) is 0 Å². The van der Waals surface area contributed by atoms with Crippen molar-refractivity contribution in [2.75, 3.05) is 80.7 Å². The van der Waals surface area contributed by atoms with E-state index in [0.29, 0.717) is 68.1 Å². The molecule has 0 bridgehead atoms. The number of aromatic nitrogens is 7. The van der Waals surface area contributed by atoms with Gasteiger partial charge in [0.05, 0.1) is 42.3 Å². The Morgan fingerprint density at radius 3 is 2.32 bits per heavy atom. The van der Waals surface area contributed by atoms with Crippen molar-refractivity contribution in [3.05, 3.63) is 64.3 Å². The van der Waals surface area contributed by atoms with Gasteiger partial charge in [-0.3, -0.25) is 43.3 Å². The van der Waals surface area contributed by atoms with Crippen molar-refractivity contribution in [3.8, 4) is 0 Å². The lowest BCUT2D eigenvalue weighted by atomic mass is 9.89. The molecule has 4 saturated heterocycles. The maximum atomic E-state index is 16.1. The van der Waals surface area contributed by atoms with E-state index in [1.807, 2.05) is 11.0 Å². The molecular weight excluding hydrogens is 812 g/mol. The van der Waals surface area contributed by atoms with Crippen LogP contribution in [0.3, 0.4) is 0 Å². The molecule has 2 N–H and O–H groups in total. The molecule has 3 amide bonds. The number of rotatable bonds is 9. The molecule has 1 aliphatic carbocycles. The summed E-state index contributed by atoms with van der Waals surface area (Å²) in [5.41, 5.74) is 0.360. The van der Waals surface area contributed by atoms with E-state index in [-0.39, 0.29) is 47.6 Å². The maximum absolute atomic E-state index is 16.1. The van der Waals surface area contributed by atoms with Gasteiger partial charge in [-0.1, -0.05) is 0 Å². The molecule has 1 unspecified atom stereocenters. The average molecular weight is 860 g/mol. The monoisotopic (exact) mass is 859 g/mol. The van der Waals surface area contributed by atoms with Gasteiger partial charge in [0.1, 0.15) is 22.9 Å². The van der Waals surface area contributed by atoms with Crippen LogP contribution in [-0.4, -0.2) is 139 Å². The van der Waals surface area contributed by atoms with E-state index in [2.05, 4.69) is 40.5 Å². The van der Waals surface area contributed by atoms with Gasteiger partial charge >= 0.3 is 5.69 Å². The Morgan fingerprint density at radius 1 is 0.903 bits per heavy atom. The summed E-state index contributed by atoms with van der Waals surface area (Å²) < 4.78 is 55.7. The van der Waals surface area contributed by atoms with Crippen LogP contribution >= 0.6 is 0 Å². The molecule has 0 radical (unpaired) electrons. The molecule has 10 rings (SSSR count). The van der Waals surface area contributed by atoms with Gasteiger partial charge in [0, 0.05) is 90.3 Å². The Bertz CT molecular complexity index is 2600. The molecule has 328 valence electrons. The predicted octanol–water partition coefficient (Wildman–Crippen LogP) is 2.71. The van der Waals surface area contributed by atoms with E-state index in [1.54, 1.807) is 23.0 Å². The Kier molecular flexibility index (Phi) is 10.5. The number of morpholine rings is 1. The first-order valence-electron chi connectivity index (χ1n) is 21.3. The number of imide groups is 1. The van der Waals surface area contributed by atoms with E-state index in [4.69, 9.17) is 4.74 Å². The van der Waals surface area contributed by atoms with Crippen molar-refractivity contribution in [1.82, 2.24) is 48.6 Å². The number of piperazine rings is 1. The minimum atomic E-state index is -2.88. The fourth-order valence-corrected chi connectivity index (χ4v) is 9.96. The van der Waals surface area contributed by atoms with Crippen LogP contribution in [0.5, 0.6) is 0 Å². The highest BCUT2D eigenvalue weighted by Gasteiger charge is 2.38. The molecule has 4 aliphatic heterocycles. The first kappa shape index (κ1) is 40.3. The summed E-state index contributed by atoms with van der Waals surface area (Å²) in [6, 6.07) is 4.83. The van der Waals surface area contributed by atoms with Gasteiger partial charge in [-0.25, -0.2) is 27.5 Å². The van der Waals surface area contributed by atoms with Crippen LogP contribution in [0.4, 0.5) is 30.4 Å². The van der Waals surface area contributed by atoms with Crippen molar-refractivity contribution < 1.29 is 32.3 Å². The van der Waals surface area contributed by atoms with E-state index >= 15 is 4.39 Å². The zero-order valence-electron chi connectivity index (χ0n) is 34.3. The van der Waals surface area contributed by atoms with Crippen LogP contribution in [0, 0.1) is 5.82 Å². The summed E-state index contributed by atoms with van der Waals surface area (Å²) in [7, 11) is 1.49. The normalized spacial score (nSPS) is 23.4. The third-order valence-corrected chi connectivity index (χ3v) is 13.5. The zero-order chi connectivity index (χ0) is 42.8. The lowest BCUT2D eigenvalue weighted by Gasteiger charge is -2.50. The highest BCUT2D eigenvalue weighted by Crippen LogP contribution is 2.36. The number of carbonyl (C=O) groups excluding carboxylic acids is 3. The second kappa shape index (κ2) is 16.2. The Balaban J connectivity index is 0.727. The number of nitrogens with one attached hydrogen (secondary N) is 2. The molecule has 18 nitrogen and oxygen atoms in total. The molecule has 5 fully saturated rings. The molecule has 8 heterocycles. The van der Waals surface area contributed by atoms with Gasteiger partial charge < -0.3 is 19.9 Å². The van der Waals surface area contributed by atoms with Gasteiger partial charge in [0.15, 0.2) is 17.2 Å². The number of anilines is 3. The molecule has 4 aromatic heterocycles. The average Bonchev–Trinajstić information content (AvgIpc) is 3.96. The number of imidazole rings is 1. The van der Waals surface area contributed by atoms with Crippen molar-refractivity contribution in [3.63, 3.8) is 0 Å². The number of fused-ring (bicyclic) bond motifs is 2. The lowest BCUT2D eigenvalue weighted by molar-refractivity contribution is -0.135. The molecule has 0 spiro atoms. The standard InChI is InChI=1S/C41H48F3N13O5/c1-50-36-30(57(41(50)61)31-8-9-33(58)48-40(31)60)7-6-29(34(36)42)54-21-26(22-54)52-14-12-51(13-15-52)24-2-4-25(5-3-24)56-23-28(35(49-56)37(43)44)46-39(59)27-20-45-55-11-10-32(47-38(27)55)53-16-18-62-19-17-53/h6-7,10-11,20,23-26,31,37H,2-5,8-9,12-19,21-22H2,1H3,(H,46,59)(H,48,58,60)/t24-,25-,31?. The third-order valence-electron chi connectivity index (χ3n) is 13.5. The second-order valence-corrected chi connectivity index (χ2v) is 16.9. The van der Waals surface area contributed by atoms with E-state index in [1.165, 1.54) is 33.1 Å². The lowest BCUT2D eigenvalue weighted by Crippen LogP contribution is -2.64. The van der Waals surface area contributed by atoms with Crippen LogP contribution in [0.15, 0.2) is 41.6 Å². The molecule has 1 saturated carbocycles. The maximum Gasteiger partial charge on any atom is 0.329 e. The third kappa shape index (κ3) is 7.18. The summed E-state index contributed by atoms with van der Waals surface area (Å²) in [6.07, 6.45) is 5.34. The van der Waals surface area contributed by atoms with Crippen LogP contribution in [-0.2, 0) is 21.4 Å². The van der Waals surface area contributed by atoms with Gasteiger partial charge in [0.25, 0.3) is 12.3 Å². The topological polar surface area (TPSA) is 172 Å². The molecule has 5 aromatic rings. The van der Waals surface area contributed by atoms with Crippen molar-refractivity contribution in [2.24, 2.45) is 7.05 Å². The fraction of sp³-hybridized carbons (Fsp3) is 0.537. The van der Waals surface area contributed by atoms with Gasteiger partial charge in [-0.2, -0.15) is 10.2 Å². The van der Waals surface area contributed by atoms with Crippen molar-refractivity contribution in [1.29, 1.82) is 0 Å². The second-order valence-electron chi connectivity index (χ2n) is 16.9. The van der Waals surface area contributed by atoms with E-state index in [9.17, 15) is 28.0 Å². The number of ether oxygens (including phenoxy) is 1. The van der Waals surface area contributed by atoms with Crippen LogP contribution in [0.1, 0.15) is 73.1 Å². The number of halogens is 3. The van der Waals surface area contributed by atoms with Crippen molar-refractivity contribution in [2.45, 2.75) is 69.1 Å². The fourth-order valence-electron chi connectivity index (χ4n) is 9.96. The van der Waals surface area contributed by atoms with Crippen LogP contribution < -0.4 is 26.1 Å². The number of carbonyl (C=O) groups is 3. The van der Waals surface area contributed by atoms with Gasteiger partial charge in [-0.05, 0) is 50.3 Å². The summed E-state index contributed by atoms with van der Waals surface area (Å²) in [4.78, 5) is 64.6. The highest BCUT2D eigenvalue weighted by atomic mass is 19.3. The van der Waals surface area contributed by atoms with E-state index < -0.39 is 41.5 Å². The highest BCUT2D eigenvalue weighted by molar-refractivity contribution is 6.08. The Hall–Kier alpha value is -5.80. The molecule has 62 heavy (non-hydrogen) atoms. The largest absolute Gasteiger partial charge is 0.378 e. The molecular formula is C41H48F3N13O5. The summed E-state index contributed by atoms with van der Waals surface area (Å²) in [5, 5.41) is 13.5. The molecule has 1 aromatic carbocycles. The van der Waals surface area contributed by atoms with Crippen molar-refractivity contribution >= 4 is 51.6 Å². The predicted molar refractivity (Wildman–Crippen MR) is 220 cm³/mol. The summed E-state index contributed by atoms with van der Waals surface area (Å²) in [5.74, 6) is -1.36. The number of hydrogen-bond donors (Lipinski definition) is 2. The van der Waals surface area contributed by atoms with E-state index in [0.717, 1.165) is 51.9 Å². The number of aryl methyl sites for hydroxylation is 1. The minimum absolute atomic E-state index is 0.0285. The number of piperidine rings is 1. The Morgan fingerprint density at radius 2 is 1.61 bits per heavy atom. The zero-order valence-corrected chi connectivity index (χ0v) is 34.3. The quantitative estimate of drug-likeness (QED) is 0.208. The van der Waals surface area contributed by atoms with Crippen LogP contribution in [0.2, 0.25) is 0 Å². The number of alkyl halides is 2. The number of benzene rings is 1. The molecule has 1 atom stereocenters.